The molecule has 1 fully saturated rings. The van der Waals surface area contributed by atoms with E-state index in [1.54, 1.807) is 6.08 Å². The number of carboxylic acids is 1. The Hall–Kier alpha value is -1.86. The smallest absolute Gasteiger partial charge is 0.266 e. The van der Waals surface area contributed by atoms with Gasteiger partial charge in [-0.05, 0) is 43.0 Å². The summed E-state index contributed by atoms with van der Waals surface area (Å²) in [6, 6.07) is 7.49. The lowest BCUT2D eigenvalue weighted by Gasteiger charge is -2.14. The monoisotopic (exact) mass is 364 g/mol. The average Bonchev–Trinajstić information content (AvgIpc) is 2.81. The standard InChI is InChI=1S/C17H19NO4S2/c1-2-10-22-13-7-5-12(6-8-13)11-14-16(21)18(17(23)24-14)9-3-4-15(19)20/h5-8,11H,2-4,9-10H2,1H3,(H,19,20)/p-1/b14-11+. The molecule has 1 heterocycles. The fourth-order valence-corrected chi connectivity index (χ4v) is 3.41. The molecule has 128 valence electrons. The fourth-order valence-electron chi connectivity index (χ4n) is 2.11. The second kappa shape index (κ2) is 8.84. The van der Waals surface area contributed by atoms with Crippen molar-refractivity contribution in [1.29, 1.82) is 0 Å². The quantitative estimate of drug-likeness (QED) is 0.520. The summed E-state index contributed by atoms with van der Waals surface area (Å²) in [5.74, 6) is -0.514. The van der Waals surface area contributed by atoms with E-state index in [9.17, 15) is 14.7 Å². The van der Waals surface area contributed by atoms with Gasteiger partial charge < -0.3 is 14.6 Å². The van der Waals surface area contributed by atoms with E-state index in [1.807, 2.05) is 31.2 Å². The Kier molecular flexibility index (Phi) is 6.81. The Labute approximate surface area is 150 Å². The molecule has 5 nitrogen and oxygen atoms in total. The summed E-state index contributed by atoms with van der Waals surface area (Å²) < 4.78 is 5.98. The molecule has 1 aromatic carbocycles. The highest BCUT2D eigenvalue weighted by atomic mass is 32.2. The second-order valence-corrected chi connectivity index (χ2v) is 6.90. The number of nitrogens with zero attached hydrogens (tertiary/aromatic N) is 1. The van der Waals surface area contributed by atoms with Crippen LogP contribution in [0.1, 0.15) is 31.7 Å². The van der Waals surface area contributed by atoms with E-state index in [0.717, 1.165) is 17.7 Å². The SMILES string of the molecule is CCCOc1ccc(/C=C2/SC(=S)N(CCCC(=O)[O-])C2=O)cc1. The maximum atomic E-state index is 12.4. The molecule has 1 amide bonds. The minimum Gasteiger partial charge on any atom is -0.550 e. The maximum absolute atomic E-state index is 12.4. The minimum atomic E-state index is -1.12. The number of hydrogen-bond donors (Lipinski definition) is 0. The topological polar surface area (TPSA) is 69.7 Å². The van der Waals surface area contributed by atoms with Gasteiger partial charge in [0.05, 0.1) is 11.5 Å². The third-order valence-electron chi connectivity index (χ3n) is 3.29. The van der Waals surface area contributed by atoms with Gasteiger partial charge in [0.1, 0.15) is 10.1 Å². The summed E-state index contributed by atoms with van der Waals surface area (Å²) in [5.41, 5.74) is 0.883. The van der Waals surface area contributed by atoms with Gasteiger partial charge in [-0.15, -0.1) is 0 Å². The van der Waals surface area contributed by atoms with Crippen LogP contribution < -0.4 is 9.84 Å². The molecule has 0 saturated carbocycles. The van der Waals surface area contributed by atoms with Crippen LogP contribution in [0, 0.1) is 0 Å². The van der Waals surface area contributed by atoms with Crippen LogP contribution in [0.5, 0.6) is 5.75 Å². The van der Waals surface area contributed by atoms with Gasteiger partial charge in [-0.1, -0.05) is 43.0 Å². The predicted octanol–water partition coefficient (Wildman–Crippen LogP) is 2.21. The summed E-state index contributed by atoms with van der Waals surface area (Å²) in [6.07, 6.45) is 2.96. The van der Waals surface area contributed by atoms with Gasteiger partial charge in [-0.3, -0.25) is 9.69 Å². The zero-order chi connectivity index (χ0) is 17.5. The Morgan fingerprint density at radius 1 is 1.38 bits per heavy atom. The molecule has 7 heteroatoms. The normalized spacial score (nSPS) is 16.0. The Morgan fingerprint density at radius 2 is 2.08 bits per heavy atom. The van der Waals surface area contributed by atoms with Gasteiger partial charge in [0, 0.05) is 12.5 Å². The number of carbonyl (C=O) groups is 2. The first-order chi connectivity index (χ1) is 11.5. The van der Waals surface area contributed by atoms with Crippen molar-refractivity contribution in [2.75, 3.05) is 13.2 Å². The molecule has 1 saturated heterocycles. The molecule has 2 rings (SSSR count). The summed E-state index contributed by atoms with van der Waals surface area (Å²) in [6.45, 7) is 3.01. The fraction of sp³-hybridized carbons (Fsp3) is 0.353. The molecule has 1 aromatic rings. The number of carboxylic acid groups (broad SMARTS) is 1. The van der Waals surface area contributed by atoms with Crippen LogP contribution in [0.3, 0.4) is 0 Å². The molecule has 0 bridgehead atoms. The van der Waals surface area contributed by atoms with Crippen LogP contribution in [-0.2, 0) is 9.59 Å². The summed E-state index contributed by atoms with van der Waals surface area (Å²) >= 11 is 6.43. The largest absolute Gasteiger partial charge is 0.550 e. The molecule has 1 aliphatic heterocycles. The van der Waals surface area contributed by atoms with Crippen molar-refractivity contribution in [3.8, 4) is 5.75 Å². The van der Waals surface area contributed by atoms with Crippen molar-refractivity contribution in [2.24, 2.45) is 0 Å². The number of amides is 1. The van der Waals surface area contributed by atoms with E-state index in [0.29, 0.717) is 28.8 Å². The number of aliphatic carboxylic acids is 1. The van der Waals surface area contributed by atoms with Crippen LogP contribution in [0.2, 0.25) is 0 Å². The van der Waals surface area contributed by atoms with Gasteiger partial charge >= 0.3 is 0 Å². The summed E-state index contributed by atoms with van der Waals surface area (Å²) in [7, 11) is 0. The maximum Gasteiger partial charge on any atom is 0.266 e. The first kappa shape index (κ1) is 18.5. The molecular formula is C17H18NO4S2-. The summed E-state index contributed by atoms with van der Waals surface area (Å²) in [4.78, 5) is 24.8. The third-order valence-corrected chi connectivity index (χ3v) is 4.66. The lowest BCUT2D eigenvalue weighted by Crippen LogP contribution is -2.30. The highest BCUT2D eigenvalue weighted by Crippen LogP contribution is 2.32. The van der Waals surface area contributed by atoms with Crippen molar-refractivity contribution in [3.05, 3.63) is 34.7 Å². The summed E-state index contributed by atoms with van der Waals surface area (Å²) in [5, 5.41) is 10.5. The number of thiocarbonyl (C=S) groups is 1. The van der Waals surface area contributed by atoms with Gasteiger partial charge in [-0.25, -0.2) is 0 Å². The zero-order valence-electron chi connectivity index (χ0n) is 13.3. The molecule has 0 spiro atoms. The van der Waals surface area contributed by atoms with Crippen LogP contribution in [0.4, 0.5) is 0 Å². The highest BCUT2D eigenvalue weighted by molar-refractivity contribution is 8.26. The molecule has 0 unspecified atom stereocenters. The molecular weight excluding hydrogens is 346 g/mol. The molecule has 0 N–H and O–H groups in total. The first-order valence-electron chi connectivity index (χ1n) is 7.69. The van der Waals surface area contributed by atoms with E-state index < -0.39 is 5.97 Å². The van der Waals surface area contributed by atoms with Crippen LogP contribution >= 0.6 is 24.0 Å². The van der Waals surface area contributed by atoms with Gasteiger partial charge in [-0.2, -0.15) is 0 Å². The molecule has 1 aliphatic rings. The number of hydrogen-bond acceptors (Lipinski definition) is 6. The van der Waals surface area contributed by atoms with Gasteiger partial charge in [0.25, 0.3) is 5.91 Å². The van der Waals surface area contributed by atoms with Crippen molar-refractivity contribution >= 4 is 46.3 Å². The van der Waals surface area contributed by atoms with Crippen molar-refractivity contribution in [3.63, 3.8) is 0 Å². The molecule has 0 aliphatic carbocycles. The molecule has 24 heavy (non-hydrogen) atoms. The molecule has 0 aromatic heterocycles. The van der Waals surface area contributed by atoms with Crippen LogP contribution in [0.15, 0.2) is 29.2 Å². The lowest BCUT2D eigenvalue weighted by molar-refractivity contribution is -0.305. The predicted molar refractivity (Wildman–Crippen MR) is 96.3 cm³/mol. The highest BCUT2D eigenvalue weighted by Gasteiger charge is 2.31. The zero-order valence-corrected chi connectivity index (χ0v) is 15.0. The lowest BCUT2D eigenvalue weighted by atomic mass is 10.2. The van der Waals surface area contributed by atoms with Gasteiger partial charge in [0.2, 0.25) is 0 Å². The van der Waals surface area contributed by atoms with E-state index in [1.165, 1.54) is 16.7 Å². The van der Waals surface area contributed by atoms with Crippen LogP contribution in [0.25, 0.3) is 6.08 Å². The number of ether oxygens (including phenoxy) is 1. The van der Waals surface area contributed by atoms with Crippen molar-refractivity contribution in [1.82, 2.24) is 4.90 Å². The van der Waals surface area contributed by atoms with E-state index in [2.05, 4.69) is 0 Å². The number of thioether (sulfide) groups is 1. The number of carbonyl (C=O) groups excluding carboxylic acids is 2. The Bertz CT molecular complexity index is 655. The van der Waals surface area contributed by atoms with E-state index in [-0.39, 0.29) is 12.3 Å². The number of rotatable bonds is 8. The third kappa shape index (κ3) is 5.07. The number of benzene rings is 1. The Balaban J connectivity index is 2.01. The van der Waals surface area contributed by atoms with Crippen LogP contribution in [-0.4, -0.2) is 34.2 Å². The second-order valence-electron chi connectivity index (χ2n) is 5.23. The van der Waals surface area contributed by atoms with E-state index >= 15 is 0 Å². The Morgan fingerprint density at radius 3 is 2.71 bits per heavy atom. The minimum absolute atomic E-state index is 0.0880. The van der Waals surface area contributed by atoms with Crippen molar-refractivity contribution in [2.45, 2.75) is 26.2 Å². The van der Waals surface area contributed by atoms with Gasteiger partial charge in [0.15, 0.2) is 0 Å². The van der Waals surface area contributed by atoms with E-state index in [4.69, 9.17) is 17.0 Å². The van der Waals surface area contributed by atoms with Crippen molar-refractivity contribution < 1.29 is 19.4 Å². The molecule has 0 atom stereocenters. The first-order valence-corrected chi connectivity index (χ1v) is 8.92. The molecule has 0 radical (unpaired) electrons. The average molecular weight is 364 g/mol.